The average molecular weight is 266 g/mol. The van der Waals surface area contributed by atoms with Gasteiger partial charge in [0.1, 0.15) is 5.82 Å². The van der Waals surface area contributed by atoms with E-state index in [0.717, 1.165) is 33.1 Å². The van der Waals surface area contributed by atoms with Crippen LogP contribution in [-0.4, -0.2) is 9.97 Å². The number of hydrogen-bond acceptors (Lipinski definition) is 4. The Morgan fingerprint density at radius 3 is 2.55 bits per heavy atom. The van der Waals surface area contributed by atoms with Gasteiger partial charge in [0.25, 0.3) is 0 Å². The van der Waals surface area contributed by atoms with E-state index in [2.05, 4.69) is 49.4 Å². The van der Waals surface area contributed by atoms with Crippen molar-refractivity contribution in [3.05, 3.63) is 42.2 Å². The van der Waals surface area contributed by atoms with Crippen LogP contribution in [0, 0.1) is 0 Å². The first-order valence-corrected chi connectivity index (χ1v) is 6.65. The SMILES string of the molecule is CC(C)(C)c1cc2ccc3cnccc3c2nc1NN. The third kappa shape index (κ3) is 1.98. The topological polar surface area (TPSA) is 63.8 Å². The molecule has 0 spiro atoms. The summed E-state index contributed by atoms with van der Waals surface area (Å²) in [5.74, 6) is 6.39. The molecule has 0 saturated carbocycles. The number of nitrogens with one attached hydrogen (secondary N) is 1. The highest BCUT2D eigenvalue weighted by atomic mass is 15.3. The van der Waals surface area contributed by atoms with Gasteiger partial charge in [-0.05, 0) is 17.5 Å². The van der Waals surface area contributed by atoms with Gasteiger partial charge in [-0.25, -0.2) is 10.8 Å². The van der Waals surface area contributed by atoms with Crippen LogP contribution in [0.1, 0.15) is 26.3 Å². The lowest BCUT2D eigenvalue weighted by atomic mass is 9.86. The molecule has 0 saturated heterocycles. The fourth-order valence-electron chi connectivity index (χ4n) is 2.49. The predicted octanol–water partition coefficient (Wildman–Crippen LogP) is 3.37. The van der Waals surface area contributed by atoms with Crippen LogP contribution in [-0.2, 0) is 5.41 Å². The monoisotopic (exact) mass is 266 g/mol. The van der Waals surface area contributed by atoms with Gasteiger partial charge in [0, 0.05) is 34.1 Å². The van der Waals surface area contributed by atoms with Crippen LogP contribution in [0.5, 0.6) is 0 Å². The van der Waals surface area contributed by atoms with E-state index in [0.29, 0.717) is 0 Å². The second-order valence-electron chi connectivity index (χ2n) is 6.01. The maximum Gasteiger partial charge on any atom is 0.144 e. The van der Waals surface area contributed by atoms with Crippen molar-refractivity contribution in [3.63, 3.8) is 0 Å². The minimum absolute atomic E-state index is 0.0178. The third-order valence-corrected chi connectivity index (χ3v) is 3.55. The first-order valence-electron chi connectivity index (χ1n) is 6.65. The van der Waals surface area contributed by atoms with Crippen LogP contribution < -0.4 is 11.3 Å². The summed E-state index contributed by atoms with van der Waals surface area (Å²) in [4.78, 5) is 8.88. The largest absolute Gasteiger partial charge is 0.308 e. The number of benzene rings is 1. The third-order valence-electron chi connectivity index (χ3n) is 3.55. The molecule has 0 radical (unpaired) electrons. The molecule has 4 nitrogen and oxygen atoms in total. The molecule has 20 heavy (non-hydrogen) atoms. The van der Waals surface area contributed by atoms with Crippen molar-refractivity contribution >= 4 is 27.5 Å². The molecule has 2 aromatic heterocycles. The molecular weight excluding hydrogens is 248 g/mol. The molecule has 0 aliphatic rings. The van der Waals surface area contributed by atoms with E-state index in [1.165, 1.54) is 0 Å². The maximum absolute atomic E-state index is 5.66. The molecule has 0 unspecified atom stereocenters. The van der Waals surface area contributed by atoms with E-state index >= 15 is 0 Å². The molecule has 3 aromatic rings. The van der Waals surface area contributed by atoms with Crippen molar-refractivity contribution in [3.8, 4) is 0 Å². The minimum Gasteiger partial charge on any atom is -0.308 e. The van der Waals surface area contributed by atoms with Crippen LogP contribution in [0.15, 0.2) is 36.7 Å². The summed E-state index contributed by atoms with van der Waals surface area (Å²) in [5, 5.41) is 3.29. The predicted molar refractivity (Wildman–Crippen MR) is 83.6 cm³/mol. The quantitative estimate of drug-likeness (QED) is 0.403. The number of nitrogen functional groups attached to an aromatic ring is 1. The van der Waals surface area contributed by atoms with Gasteiger partial charge < -0.3 is 5.43 Å². The lowest BCUT2D eigenvalue weighted by Crippen LogP contribution is -2.19. The lowest BCUT2D eigenvalue weighted by molar-refractivity contribution is 0.590. The molecule has 4 heteroatoms. The van der Waals surface area contributed by atoms with E-state index in [1.807, 2.05) is 12.3 Å². The lowest BCUT2D eigenvalue weighted by Gasteiger charge is -2.22. The number of nitrogens with two attached hydrogens (primary N) is 1. The highest BCUT2D eigenvalue weighted by Crippen LogP contribution is 2.33. The van der Waals surface area contributed by atoms with Gasteiger partial charge in [0.2, 0.25) is 0 Å². The number of anilines is 1. The van der Waals surface area contributed by atoms with Crippen LogP contribution in [0.2, 0.25) is 0 Å². The van der Waals surface area contributed by atoms with Crippen molar-refractivity contribution in [2.75, 3.05) is 5.43 Å². The molecule has 3 N–H and O–H groups in total. The zero-order chi connectivity index (χ0) is 14.3. The molecule has 0 aliphatic carbocycles. The Labute approximate surface area is 118 Å². The molecule has 0 amide bonds. The summed E-state index contributed by atoms with van der Waals surface area (Å²) in [5.41, 5.74) is 4.78. The van der Waals surface area contributed by atoms with Crippen molar-refractivity contribution < 1.29 is 0 Å². The maximum atomic E-state index is 5.66. The van der Waals surface area contributed by atoms with E-state index in [4.69, 9.17) is 10.8 Å². The van der Waals surface area contributed by atoms with Gasteiger partial charge in [-0.1, -0.05) is 32.9 Å². The second-order valence-corrected chi connectivity index (χ2v) is 6.01. The van der Waals surface area contributed by atoms with Crippen molar-refractivity contribution in [2.24, 2.45) is 5.84 Å². The fraction of sp³-hybridized carbons (Fsp3) is 0.250. The Balaban J connectivity index is 2.41. The van der Waals surface area contributed by atoms with Crippen LogP contribution >= 0.6 is 0 Å². The summed E-state index contributed by atoms with van der Waals surface area (Å²) in [6.45, 7) is 6.46. The fourth-order valence-corrected chi connectivity index (χ4v) is 2.49. The Morgan fingerprint density at radius 2 is 1.85 bits per heavy atom. The van der Waals surface area contributed by atoms with E-state index in [1.54, 1.807) is 6.20 Å². The zero-order valence-corrected chi connectivity index (χ0v) is 11.9. The zero-order valence-electron chi connectivity index (χ0n) is 11.9. The number of hydrogen-bond donors (Lipinski definition) is 2. The highest BCUT2D eigenvalue weighted by molar-refractivity contribution is 6.05. The van der Waals surface area contributed by atoms with E-state index in [-0.39, 0.29) is 5.41 Å². The normalized spacial score (nSPS) is 12.0. The number of nitrogens with zero attached hydrogens (tertiary/aromatic N) is 2. The smallest absolute Gasteiger partial charge is 0.144 e. The van der Waals surface area contributed by atoms with Gasteiger partial charge in [-0.2, -0.15) is 0 Å². The van der Waals surface area contributed by atoms with Crippen molar-refractivity contribution in [1.29, 1.82) is 0 Å². The number of aromatic nitrogens is 2. The molecule has 0 fully saturated rings. The molecule has 2 heterocycles. The summed E-state index contributed by atoms with van der Waals surface area (Å²) in [6.07, 6.45) is 3.64. The van der Waals surface area contributed by atoms with E-state index in [9.17, 15) is 0 Å². The van der Waals surface area contributed by atoms with Crippen LogP contribution in [0.4, 0.5) is 5.82 Å². The Morgan fingerprint density at radius 1 is 1.10 bits per heavy atom. The Hall–Kier alpha value is -2.20. The molecule has 0 bridgehead atoms. The summed E-state index contributed by atoms with van der Waals surface area (Å²) >= 11 is 0. The molecule has 1 aromatic carbocycles. The van der Waals surface area contributed by atoms with E-state index < -0.39 is 0 Å². The Kier molecular flexibility index (Phi) is 2.83. The Bertz CT molecular complexity index is 787. The first-order chi connectivity index (χ1) is 9.50. The summed E-state index contributed by atoms with van der Waals surface area (Å²) < 4.78 is 0. The van der Waals surface area contributed by atoms with Gasteiger partial charge in [0.15, 0.2) is 0 Å². The van der Waals surface area contributed by atoms with Gasteiger partial charge in [0.05, 0.1) is 5.52 Å². The molecule has 102 valence electrons. The number of pyridine rings is 2. The number of fused-ring (bicyclic) bond motifs is 3. The molecular formula is C16H18N4. The van der Waals surface area contributed by atoms with Crippen molar-refractivity contribution in [2.45, 2.75) is 26.2 Å². The number of hydrazine groups is 1. The molecule has 3 rings (SSSR count). The van der Waals surface area contributed by atoms with Crippen molar-refractivity contribution in [1.82, 2.24) is 9.97 Å². The molecule has 0 atom stereocenters. The van der Waals surface area contributed by atoms with Gasteiger partial charge in [-0.3, -0.25) is 4.98 Å². The van der Waals surface area contributed by atoms with Crippen LogP contribution in [0.25, 0.3) is 21.7 Å². The summed E-state index contributed by atoms with van der Waals surface area (Å²) in [7, 11) is 0. The van der Waals surface area contributed by atoms with Gasteiger partial charge >= 0.3 is 0 Å². The standard InChI is InChI=1S/C16H18N4/c1-16(2,3)13-8-10-4-5-11-9-18-7-6-12(11)14(10)19-15(13)20-17/h4-9H,17H2,1-3H3,(H,19,20). The first kappa shape index (κ1) is 12.8. The highest BCUT2D eigenvalue weighted by Gasteiger charge is 2.20. The number of rotatable bonds is 1. The second kappa shape index (κ2) is 4.42. The average Bonchev–Trinajstić information content (AvgIpc) is 2.44. The minimum atomic E-state index is -0.0178. The molecule has 0 aliphatic heterocycles. The van der Waals surface area contributed by atoms with Crippen LogP contribution in [0.3, 0.4) is 0 Å². The van der Waals surface area contributed by atoms with Gasteiger partial charge in [-0.15, -0.1) is 0 Å². The summed E-state index contributed by atoms with van der Waals surface area (Å²) in [6, 6.07) is 8.31.